The van der Waals surface area contributed by atoms with Crippen LogP contribution in [0.2, 0.25) is 0 Å². The van der Waals surface area contributed by atoms with Gasteiger partial charge in [0.05, 0.1) is 12.3 Å². The molecule has 7 nitrogen and oxygen atoms in total. The van der Waals surface area contributed by atoms with E-state index in [0.29, 0.717) is 6.54 Å². The van der Waals surface area contributed by atoms with Crippen LogP contribution in [0.1, 0.15) is 24.8 Å². The second-order valence-corrected chi connectivity index (χ2v) is 9.15. The molecule has 2 amide bonds. The molecule has 0 aliphatic carbocycles. The Morgan fingerprint density at radius 2 is 1.71 bits per heavy atom. The van der Waals surface area contributed by atoms with E-state index < -0.39 is 5.97 Å². The van der Waals surface area contributed by atoms with E-state index in [0.717, 1.165) is 35.0 Å². The lowest BCUT2D eigenvalue weighted by atomic mass is 9.99. The number of hydrogen-bond donors (Lipinski definition) is 2. The first kappa shape index (κ1) is 23.1. The number of hydrogen-bond acceptors (Lipinski definition) is 5. The molecule has 2 N–H and O–H groups in total. The summed E-state index contributed by atoms with van der Waals surface area (Å²) in [6, 6.07) is 23.1. The molecule has 0 spiro atoms. The minimum Gasteiger partial charge on any atom is -0.461 e. The van der Waals surface area contributed by atoms with Gasteiger partial charge < -0.3 is 20.3 Å². The minimum atomic E-state index is -0.396. The predicted molar refractivity (Wildman–Crippen MR) is 133 cm³/mol. The van der Waals surface area contributed by atoms with E-state index in [2.05, 4.69) is 10.6 Å². The van der Waals surface area contributed by atoms with Gasteiger partial charge in [0.1, 0.15) is 6.61 Å². The fraction of sp³-hybridized carbons (Fsp3) is 0.321. The standard InChI is InChI=1S/C28H29N3O4/c32-25(13-14-26(33)35-18-19-7-2-1-3-8-19)31-17-22(27-24(31)15-16-29-27)28(34)30-23-12-6-10-20-9-4-5-11-21(20)23/h1-12,22,24,27,29H,13-18H2,(H,30,34)/t22-,24+,27+/m0/s1. The van der Waals surface area contributed by atoms with Crippen LogP contribution in [0.5, 0.6) is 0 Å². The van der Waals surface area contributed by atoms with Gasteiger partial charge in [-0.1, -0.05) is 66.7 Å². The summed E-state index contributed by atoms with van der Waals surface area (Å²) in [6.07, 6.45) is 0.904. The van der Waals surface area contributed by atoms with Crippen LogP contribution in [0, 0.1) is 5.92 Å². The number of nitrogens with zero attached hydrogens (tertiary/aromatic N) is 1. The highest BCUT2D eigenvalue weighted by atomic mass is 16.5. The molecule has 2 aliphatic heterocycles. The number of fused-ring (bicyclic) bond motifs is 2. The van der Waals surface area contributed by atoms with Gasteiger partial charge in [0.15, 0.2) is 0 Å². The fourth-order valence-electron chi connectivity index (χ4n) is 5.19. The first-order chi connectivity index (χ1) is 17.1. The number of benzene rings is 3. The SMILES string of the molecule is O=C(CCC(=O)N1C[C@H](C(=O)Nc2cccc3ccccc23)[C@H]2NCC[C@H]21)OCc1ccccc1. The van der Waals surface area contributed by atoms with Crippen LogP contribution in [0.3, 0.4) is 0 Å². The van der Waals surface area contributed by atoms with Gasteiger partial charge in [-0.15, -0.1) is 0 Å². The van der Waals surface area contributed by atoms with Crippen molar-refractivity contribution >= 4 is 34.2 Å². The highest BCUT2D eigenvalue weighted by molar-refractivity contribution is 6.03. The number of carbonyl (C=O) groups is 3. The topological polar surface area (TPSA) is 87.7 Å². The number of amides is 2. The lowest BCUT2D eigenvalue weighted by molar-refractivity contribution is -0.147. The van der Waals surface area contributed by atoms with Gasteiger partial charge in [-0.2, -0.15) is 0 Å². The van der Waals surface area contributed by atoms with Crippen molar-refractivity contribution in [1.82, 2.24) is 10.2 Å². The summed E-state index contributed by atoms with van der Waals surface area (Å²) in [4.78, 5) is 40.3. The maximum atomic E-state index is 13.3. The number of anilines is 1. The van der Waals surface area contributed by atoms with Crippen molar-refractivity contribution in [2.75, 3.05) is 18.4 Å². The zero-order valence-electron chi connectivity index (χ0n) is 19.5. The Balaban J connectivity index is 1.19. The van der Waals surface area contributed by atoms with Gasteiger partial charge in [0, 0.05) is 36.1 Å². The van der Waals surface area contributed by atoms with E-state index >= 15 is 0 Å². The lowest BCUT2D eigenvalue weighted by Crippen LogP contribution is -2.40. The highest BCUT2D eigenvalue weighted by Crippen LogP contribution is 2.32. The van der Waals surface area contributed by atoms with Crippen molar-refractivity contribution in [3.63, 3.8) is 0 Å². The fourth-order valence-corrected chi connectivity index (χ4v) is 5.19. The number of likely N-dealkylation sites (tertiary alicyclic amines) is 1. The molecule has 2 fully saturated rings. The Morgan fingerprint density at radius 1 is 0.943 bits per heavy atom. The van der Waals surface area contributed by atoms with Crippen molar-refractivity contribution in [2.24, 2.45) is 5.92 Å². The highest BCUT2D eigenvalue weighted by Gasteiger charge is 2.49. The molecule has 2 saturated heterocycles. The van der Waals surface area contributed by atoms with Crippen LogP contribution in [0.4, 0.5) is 5.69 Å². The zero-order valence-corrected chi connectivity index (χ0v) is 19.5. The van der Waals surface area contributed by atoms with Crippen molar-refractivity contribution in [2.45, 2.75) is 38.0 Å². The van der Waals surface area contributed by atoms with Gasteiger partial charge in [0.2, 0.25) is 11.8 Å². The number of carbonyl (C=O) groups excluding carboxylic acids is 3. The number of ether oxygens (including phenoxy) is 1. The van der Waals surface area contributed by atoms with Crippen LogP contribution < -0.4 is 10.6 Å². The van der Waals surface area contributed by atoms with Gasteiger partial charge in [-0.05, 0) is 30.0 Å². The molecule has 0 unspecified atom stereocenters. The third-order valence-corrected chi connectivity index (χ3v) is 6.95. The lowest BCUT2D eigenvalue weighted by Gasteiger charge is -2.23. The summed E-state index contributed by atoms with van der Waals surface area (Å²) in [7, 11) is 0. The smallest absolute Gasteiger partial charge is 0.306 e. The molecule has 2 aliphatic rings. The van der Waals surface area contributed by atoms with Crippen molar-refractivity contribution in [1.29, 1.82) is 0 Å². The van der Waals surface area contributed by atoms with E-state index in [1.54, 1.807) is 4.90 Å². The maximum Gasteiger partial charge on any atom is 0.306 e. The second kappa shape index (κ2) is 10.3. The van der Waals surface area contributed by atoms with Gasteiger partial charge >= 0.3 is 5.97 Å². The van der Waals surface area contributed by atoms with E-state index in [-0.39, 0.29) is 49.3 Å². The minimum absolute atomic E-state index is 0.0276. The molecule has 0 saturated carbocycles. The van der Waals surface area contributed by atoms with Crippen LogP contribution in [0.25, 0.3) is 10.8 Å². The Labute approximate surface area is 204 Å². The van der Waals surface area contributed by atoms with E-state index in [4.69, 9.17) is 4.74 Å². The van der Waals surface area contributed by atoms with Gasteiger partial charge in [-0.25, -0.2) is 0 Å². The first-order valence-electron chi connectivity index (χ1n) is 12.1. The number of rotatable bonds is 7. The Kier molecular flexibility index (Phi) is 6.77. The molecule has 180 valence electrons. The largest absolute Gasteiger partial charge is 0.461 e. The van der Waals surface area contributed by atoms with E-state index in [9.17, 15) is 14.4 Å². The van der Waals surface area contributed by atoms with Gasteiger partial charge in [-0.3, -0.25) is 14.4 Å². The van der Waals surface area contributed by atoms with Crippen LogP contribution in [0.15, 0.2) is 72.8 Å². The number of nitrogens with one attached hydrogen (secondary N) is 2. The summed E-state index contributed by atoms with van der Waals surface area (Å²) in [5.41, 5.74) is 1.68. The summed E-state index contributed by atoms with van der Waals surface area (Å²) < 4.78 is 5.30. The molecular formula is C28H29N3O4. The molecule has 0 aromatic heterocycles. The van der Waals surface area contributed by atoms with Crippen LogP contribution in [-0.2, 0) is 25.7 Å². The molecular weight excluding hydrogens is 442 g/mol. The van der Waals surface area contributed by atoms with Crippen LogP contribution >= 0.6 is 0 Å². The Bertz CT molecular complexity index is 1220. The molecule has 3 aromatic rings. The van der Waals surface area contributed by atoms with Crippen molar-refractivity contribution in [3.8, 4) is 0 Å². The summed E-state index contributed by atoms with van der Waals surface area (Å²) in [5.74, 6) is -0.952. The molecule has 0 bridgehead atoms. The summed E-state index contributed by atoms with van der Waals surface area (Å²) in [5, 5.41) is 8.55. The Morgan fingerprint density at radius 3 is 2.57 bits per heavy atom. The normalized spacial score (nSPS) is 21.0. The average Bonchev–Trinajstić information content (AvgIpc) is 3.50. The van der Waals surface area contributed by atoms with Crippen LogP contribution in [-0.4, -0.2) is 47.9 Å². The molecule has 3 aromatic carbocycles. The second-order valence-electron chi connectivity index (χ2n) is 9.15. The van der Waals surface area contributed by atoms with Crippen molar-refractivity contribution < 1.29 is 19.1 Å². The molecule has 2 heterocycles. The van der Waals surface area contributed by atoms with Crippen molar-refractivity contribution in [3.05, 3.63) is 78.4 Å². The molecule has 5 rings (SSSR count). The third-order valence-electron chi connectivity index (χ3n) is 6.95. The van der Waals surface area contributed by atoms with E-state index in [1.807, 2.05) is 72.8 Å². The monoisotopic (exact) mass is 471 g/mol. The molecule has 3 atom stereocenters. The number of esters is 1. The Hall–Kier alpha value is -3.71. The molecule has 35 heavy (non-hydrogen) atoms. The zero-order chi connectivity index (χ0) is 24.2. The third kappa shape index (κ3) is 5.05. The average molecular weight is 472 g/mol. The summed E-state index contributed by atoms with van der Waals surface area (Å²) in [6.45, 7) is 1.30. The maximum absolute atomic E-state index is 13.3. The van der Waals surface area contributed by atoms with Gasteiger partial charge in [0.25, 0.3) is 0 Å². The quantitative estimate of drug-likeness (QED) is 0.515. The molecule has 7 heteroatoms. The predicted octanol–water partition coefficient (Wildman–Crippen LogP) is 3.49. The molecule has 0 radical (unpaired) electrons. The first-order valence-corrected chi connectivity index (χ1v) is 12.1. The van der Waals surface area contributed by atoms with E-state index in [1.165, 1.54) is 0 Å². The summed E-state index contributed by atoms with van der Waals surface area (Å²) >= 11 is 0.